The molecular formula is C17H27NO. The molecule has 1 aromatic rings. The van der Waals surface area contributed by atoms with Gasteiger partial charge in [-0.15, -0.1) is 0 Å². The lowest BCUT2D eigenvalue weighted by atomic mass is 9.76. The smallest absolute Gasteiger partial charge is 0.122 e. The van der Waals surface area contributed by atoms with Crippen molar-refractivity contribution in [1.82, 2.24) is 5.32 Å². The highest BCUT2D eigenvalue weighted by Gasteiger charge is 2.26. The van der Waals surface area contributed by atoms with Crippen LogP contribution in [0.4, 0.5) is 0 Å². The Hall–Kier alpha value is -1.02. The third-order valence-electron chi connectivity index (χ3n) is 4.37. The first-order valence-corrected chi connectivity index (χ1v) is 7.70. The van der Waals surface area contributed by atoms with E-state index in [4.69, 9.17) is 4.74 Å². The molecule has 0 aromatic heterocycles. The van der Waals surface area contributed by atoms with Crippen molar-refractivity contribution in [3.05, 3.63) is 29.8 Å². The summed E-state index contributed by atoms with van der Waals surface area (Å²) in [5.74, 6) is 2.46. The fourth-order valence-electron chi connectivity index (χ4n) is 3.34. The van der Waals surface area contributed by atoms with E-state index in [1.165, 1.54) is 37.7 Å². The van der Waals surface area contributed by atoms with Crippen molar-refractivity contribution in [3.8, 4) is 5.75 Å². The predicted molar refractivity (Wildman–Crippen MR) is 80.9 cm³/mol. The first kappa shape index (κ1) is 14.4. The van der Waals surface area contributed by atoms with Crippen LogP contribution in [0.1, 0.15) is 50.5 Å². The van der Waals surface area contributed by atoms with E-state index in [-0.39, 0.29) is 0 Å². The van der Waals surface area contributed by atoms with E-state index in [2.05, 4.69) is 36.5 Å². The van der Waals surface area contributed by atoms with Gasteiger partial charge in [-0.3, -0.25) is 0 Å². The van der Waals surface area contributed by atoms with Gasteiger partial charge in [-0.05, 0) is 36.9 Å². The summed E-state index contributed by atoms with van der Waals surface area (Å²) in [4.78, 5) is 0. The standard InChI is InChI=1S/C17H27NO/c1-3-18-13-16(14-9-5-4-6-10-14)15-11-7-8-12-17(15)19-2/h7-8,11-12,14,16,18H,3-6,9-10,13H2,1-2H3. The second kappa shape index (κ2) is 7.54. The molecule has 0 radical (unpaired) electrons. The van der Waals surface area contributed by atoms with Gasteiger partial charge >= 0.3 is 0 Å². The van der Waals surface area contributed by atoms with Gasteiger partial charge in [-0.1, -0.05) is 44.4 Å². The van der Waals surface area contributed by atoms with Crippen LogP contribution in [0.25, 0.3) is 0 Å². The Bertz CT molecular complexity index is 371. The van der Waals surface area contributed by atoms with E-state index in [1.54, 1.807) is 7.11 Å². The van der Waals surface area contributed by atoms with Crippen molar-refractivity contribution < 1.29 is 4.74 Å². The molecule has 0 aliphatic heterocycles. The van der Waals surface area contributed by atoms with E-state index in [0.29, 0.717) is 5.92 Å². The fraction of sp³-hybridized carbons (Fsp3) is 0.647. The van der Waals surface area contributed by atoms with Crippen molar-refractivity contribution in [2.45, 2.75) is 44.9 Å². The largest absolute Gasteiger partial charge is 0.496 e. The van der Waals surface area contributed by atoms with E-state index < -0.39 is 0 Å². The molecule has 0 spiro atoms. The van der Waals surface area contributed by atoms with Gasteiger partial charge in [0.05, 0.1) is 7.11 Å². The molecule has 2 heteroatoms. The Morgan fingerprint density at radius 2 is 1.95 bits per heavy atom. The van der Waals surface area contributed by atoms with Gasteiger partial charge in [0.15, 0.2) is 0 Å². The number of hydrogen-bond acceptors (Lipinski definition) is 2. The summed E-state index contributed by atoms with van der Waals surface area (Å²) >= 11 is 0. The van der Waals surface area contributed by atoms with Crippen LogP contribution in [0.3, 0.4) is 0 Å². The first-order valence-electron chi connectivity index (χ1n) is 7.70. The fourth-order valence-corrected chi connectivity index (χ4v) is 3.34. The quantitative estimate of drug-likeness (QED) is 0.836. The average molecular weight is 261 g/mol. The molecule has 1 aliphatic rings. The number of ether oxygens (including phenoxy) is 1. The monoisotopic (exact) mass is 261 g/mol. The number of hydrogen-bond donors (Lipinski definition) is 1. The highest BCUT2D eigenvalue weighted by atomic mass is 16.5. The highest BCUT2D eigenvalue weighted by Crippen LogP contribution is 2.39. The summed E-state index contributed by atoms with van der Waals surface area (Å²) in [5, 5.41) is 3.54. The molecule has 1 fully saturated rings. The molecule has 1 aliphatic carbocycles. The molecule has 0 bridgehead atoms. The van der Waals surface area contributed by atoms with E-state index in [9.17, 15) is 0 Å². The Labute approximate surface area is 117 Å². The van der Waals surface area contributed by atoms with Crippen LogP contribution in [0.5, 0.6) is 5.75 Å². The summed E-state index contributed by atoms with van der Waals surface area (Å²) in [6.07, 6.45) is 6.93. The van der Waals surface area contributed by atoms with E-state index in [1.807, 2.05) is 0 Å². The number of likely N-dealkylation sites (N-methyl/N-ethyl adjacent to an activating group) is 1. The van der Waals surface area contributed by atoms with E-state index in [0.717, 1.165) is 24.8 Å². The van der Waals surface area contributed by atoms with Gasteiger partial charge < -0.3 is 10.1 Å². The predicted octanol–water partition coefficient (Wildman–Crippen LogP) is 3.97. The zero-order valence-electron chi connectivity index (χ0n) is 12.3. The lowest BCUT2D eigenvalue weighted by molar-refractivity contribution is 0.291. The highest BCUT2D eigenvalue weighted by molar-refractivity contribution is 5.37. The lowest BCUT2D eigenvalue weighted by Gasteiger charge is -2.31. The van der Waals surface area contributed by atoms with Crippen molar-refractivity contribution in [2.24, 2.45) is 5.92 Å². The summed E-state index contributed by atoms with van der Waals surface area (Å²) in [6.45, 7) is 4.29. The number of nitrogens with one attached hydrogen (secondary N) is 1. The number of methoxy groups -OCH3 is 1. The first-order chi connectivity index (χ1) is 9.36. The van der Waals surface area contributed by atoms with Gasteiger partial charge in [0.1, 0.15) is 5.75 Å². The van der Waals surface area contributed by atoms with Crippen LogP contribution in [-0.2, 0) is 0 Å². The summed E-state index contributed by atoms with van der Waals surface area (Å²) in [6, 6.07) is 8.54. The maximum atomic E-state index is 5.57. The lowest BCUT2D eigenvalue weighted by Crippen LogP contribution is -2.28. The van der Waals surface area contributed by atoms with Crippen LogP contribution in [0.15, 0.2) is 24.3 Å². The molecule has 0 heterocycles. The Kier molecular flexibility index (Phi) is 5.71. The second-order valence-corrected chi connectivity index (χ2v) is 5.55. The zero-order chi connectivity index (χ0) is 13.5. The zero-order valence-corrected chi connectivity index (χ0v) is 12.3. The molecule has 1 saturated carbocycles. The molecule has 1 aromatic carbocycles. The minimum atomic E-state index is 0.594. The molecule has 106 valence electrons. The molecule has 1 unspecified atom stereocenters. The normalized spacial score (nSPS) is 18.2. The topological polar surface area (TPSA) is 21.3 Å². The average Bonchev–Trinajstić information content (AvgIpc) is 2.49. The van der Waals surface area contributed by atoms with Crippen LogP contribution < -0.4 is 10.1 Å². The minimum absolute atomic E-state index is 0.594. The Morgan fingerprint density at radius 3 is 2.63 bits per heavy atom. The van der Waals surface area contributed by atoms with Crippen LogP contribution in [-0.4, -0.2) is 20.2 Å². The molecule has 19 heavy (non-hydrogen) atoms. The SMILES string of the molecule is CCNCC(c1ccccc1OC)C1CCCCC1. The molecule has 1 N–H and O–H groups in total. The number of benzene rings is 1. The van der Waals surface area contributed by atoms with Crippen molar-refractivity contribution in [2.75, 3.05) is 20.2 Å². The van der Waals surface area contributed by atoms with Crippen molar-refractivity contribution in [3.63, 3.8) is 0 Å². The molecule has 2 rings (SSSR count). The molecule has 0 amide bonds. The Balaban J connectivity index is 2.19. The number of para-hydroxylation sites is 1. The molecule has 1 atom stereocenters. The van der Waals surface area contributed by atoms with Crippen molar-refractivity contribution >= 4 is 0 Å². The minimum Gasteiger partial charge on any atom is -0.496 e. The van der Waals surface area contributed by atoms with Crippen LogP contribution in [0, 0.1) is 5.92 Å². The summed E-state index contributed by atoms with van der Waals surface area (Å²) in [5.41, 5.74) is 1.39. The van der Waals surface area contributed by atoms with Crippen molar-refractivity contribution in [1.29, 1.82) is 0 Å². The molecule has 0 saturated heterocycles. The summed E-state index contributed by atoms with van der Waals surface area (Å²) < 4.78 is 5.57. The van der Waals surface area contributed by atoms with Crippen LogP contribution >= 0.6 is 0 Å². The Morgan fingerprint density at radius 1 is 1.21 bits per heavy atom. The maximum absolute atomic E-state index is 5.57. The van der Waals surface area contributed by atoms with Gasteiger partial charge in [-0.2, -0.15) is 0 Å². The van der Waals surface area contributed by atoms with Gasteiger partial charge in [0.25, 0.3) is 0 Å². The van der Waals surface area contributed by atoms with E-state index >= 15 is 0 Å². The maximum Gasteiger partial charge on any atom is 0.122 e. The number of rotatable bonds is 6. The molecular weight excluding hydrogens is 234 g/mol. The third-order valence-corrected chi connectivity index (χ3v) is 4.37. The van der Waals surface area contributed by atoms with Gasteiger partial charge in [-0.25, -0.2) is 0 Å². The molecule has 2 nitrogen and oxygen atoms in total. The van der Waals surface area contributed by atoms with Gasteiger partial charge in [0.2, 0.25) is 0 Å². The second-order valence-electron chi connectivity index (χ2n) is 5.55. The van der Waals surface area contributed by atoms with Crippen LogP contribution in [0.2, 0.25) is 0 Å². The summed E-state index contributed by atoms with van der Waals surface area (Å²) in [7, 11) is 1.78. The third kappa shape index (κ3) is 3.73. The van der Waals surface area contributed by atoms with Gasteiger partial charge in [0, 0.05) is 12.5 Å².